The molecule has 0 bridgehead atoms. The van der Waals surface area contributed by atoms with Crippen LogP contribution in [-0.4, -0.2) is 19.5 Å². The largest absolute Gasteiger partial charge is 0.351 e. The lowest BCUT2D eigenvalue weighted by molar-refractivity contribution is -0.247. The summed E-state index contributed by atoms with van der Waals surface area (Å²) in [6.45, 7) is 6.05. The van der Waals surface area contributed by atoms with E-state index in [1.54, 1.807) is 0 Å². The summed E-state index contributed by atoms with van der Waals surface area (Å²) in [6.07, 6.45) is 14.3. The summed E-state index contributed by atoms with van der Waals surface area (Å²) in [4.78, 5) is 0. The lowest BCUT2D eigenvalue weighted by Gasteiger charge is -2.42. The molecule has 0 N–H and O–H groups in total. The Morgan fingerprint density at radius 1 is 0.875 bits per heavy atom. The van der Waals surface area contributed by atoms with Crippen molar-refractivity contribution in [3.8, 4) is 6.07 Å². The Morgan fingerprint density at radius 2 is 1.42 bits per heavy atom. The topological polar surface area (TPSA) is 42.2 Å². The van der Waals surface area contributed by atoms with Gasteiger partial charge >= 0.3 is 0 Å². The van der Waals surface area contributed by atoms with E-state index in [1.807, 2.05) is 0 Å². The Balaban J connectivity index is 1.75. The highest BCUT2D eigenvalue weighted by molar-refractivity contribution is 5.04. The third-order valence-electron chi connectivity index (χ3n) is 6.07. The molecule has 2 rings (SSSR count). The minimum Gasteiger partial charge on any atom is -0.351 e. The molecule has 0 spiro atoms. The Labute approximate surface area is 149 Å². The monoisotopic (exact) mass is 335 g/mol. The van der Waals surface area contributed by atoms with Crippen molar-refractivity contribution in [2.45, 2.75) is 97.2 Å². The first-order chi connectivity index (χ1) is 11.7. The van der Waals surface area contributed by atoms with Crippen LogP contribution in [0.1, 0.15) is 90.9 Å². The van der Waals surface area contributed by atoms with Crippen molar-refractivity contribution in [1.82, 2.24) is 0 Å². The zero-order valence-electron chi connectivity index (χ0n) is 15.9. The highest BCUT2D eigenvalue weighted by Gasteiger charge is 2.45. The first-order valence-corrected chi connectivity index (χ1v) is 10.4. The lowest BCUT2D eigenvalue weighted by Crippen LogP contribution is -2.45. The second kappa shape index (κ2) is 10.4. The second-order valence-corrected chi connectivity index (χ2v) is 8.07. The maximum Gasteiger partial charge on any atom is 0.176 e. The summed E-state index contributed by atoms with van der Waals surface area (Å²) in [5.41, 5.74) is -0.393. The fourth-order valence-electron chi connectivity index (χ4n) is 4.28. The molecular formula is C21H37NO2. The highest BCUT2D eigenvalue weighted by atomic mass is 16.7. The average molecular weight is 336 g/mol. The van der Waals surface area contributed by atoms with Gasteiger partial charge in [0, 0.05) is 5.92 Å². The number of ether oxygens (including phenoxy) is 2. The normalized spacial score (nSPS) is 34.0. The third kappa shape index (κ3) is 5.46. The molecule has 0 amide bonds. The van der Waals surface area contributed by atoms with Crippen LogP contribution in [0.2, 0.25) is 0 Å². The number of nitriles is 1. The number of hydrogen-bond acceptors (Lipinski definition) is 3. The van der Waals surface area contributed by atoms with Gasteiger partial charge in [-0.05, 0) is 38.0 Å². The van der Waals surface area contributed by atoms with Gasteiger partial charge in [-0.2, -0.15) is 5.26 Å². The smallest absolute Gasteiger partial charge is 0.176 e. The molecular weight excluding hydrogens is 298 g/mol. The van der Waals surface area contributed by atoms with Gasteiger partial charge in [0.2, 0.25) is 0 Å². The lowest BCUT2D eigenvalue weighted by atomic mass is 9.69. The summed E-state index contributed by atoms with van der Waals surface area (Å²) in [7, 11) is 0. The molecule has 1 saturated carbocycles. The van der Waals surface area contributed by atoms with Crippen molar-refractivity contribution in [1.29, 1.82) is 5.26 Å². The maximum atomic E-state index is 9.82. The maximum absolute atomic E-state index is 9.82. The van der Waals surface area contributed by atoms with E-state index in [2.05, 4.69) is 19.9 Å². The van der Waals surface area contributed by atoms with Crippen molar-refractivity contribution < 1.29 is 9.47 Å². The van der Waals surface area contributed by atoms with E-state index in [-0.39, 0.29) is 6.29 Å². The van der Waals surface area contributed by atoms with Gasteiger partial charge in [-0.15, -0.1) is 0 Å². The minimum atomic E-state index is -0.393. The first-order valence-electron chi connectivity index (χ1n) is 10.4. The van der Waals surface area contributed by atoms with Crippen molar-refractivity contribution in [2.75, 3.05) is 13.2 Å². The summed E-state index contributed by atoms with van der Waals surface area (Å²) >= 11 is 0. The molecule has 1 heterocycles. The van der Waals surface area contributed by atoms with Crippen LogP contribution in [0, 0.1) is 28.6 Å². The predicted molar refractivity (Wildman–Crippen MR) is 97.5 cm³/mol. The quantitative estimate of drug-likeness (QED) is 0.497. The molecule has 1 aliphatic heterocycles. The van der Waals surface area contributed by atoms with E-state index in [1.165, 1.54) is 64.2 Å². The molecule has 3 nitrogen and oxygen atoms in total. The summed E-state index contributed by atoms with van der Waals surface area (Å²) < 4.78 is 12.1. The van der Waals surface area contributed by atoms with E-state index in [9.17, 15) is 5.26 Å². The van der Waals surface area contributed by atoms with E-state index in [4.69, 9.17) is 9.47 Å². The predicted octanol–water partition coefficient (Wildman–Crippen LogP) is 5.84. The van der Waals surface area contributed by atoms with Gasteiger partial charge < -0.3 is 9.47 Å². The summed E-state index contributed by atoms with van der Waals surface area (Å²) in [6, 6.07) is 2.59. The molecule has 1 saturated heterocycles. The molecule has 1 aliphatic carbocycles. The van der Waals surface area contributed by atoms with Gasteiger partial charge in [-0.3, -0.25) is 0 Å². The van der Waals surface area contributed by atoms with Crippen LogP contribution in [0.5, 0.6) is 0 Å². The van der Waals surface area contributed by atoms with Crippen molar-refractivity contribution in [3.63, 3.8) is 0 Å². The molecule has 0 aromatic rings. The Hall–Kier alpha value is -0.590. The number of hydrogen-bond donors (Lipinski definition) is 0. The van der Waals surface area contributed by atoms with E-state index in [0.29, 0.717) is 5.92 Å². The van der Waals surface area contributed by atoms with Crippen LogP contribution in [-0.2, 0) is 9.47 Å². The number of unbranched alkanes of at least 4 members (excludes halogenated alkanes) is 4. The Kier molecular flexibility index (Phi) is 8.56. The van der Waals surface area contributed by atoms with E-state index < -0.39 is 5.41 Å². The Bertz CT molecular complexity index is 374. The van der Waals surface area contributed by atoms with Gasteiger partial charge in [0.1, 0.15) is 5.41 Å². The van der Waals surface area contributed by atoms with Gasteiger partial charge in [-0.1, -0.05) is 58.8 Å². The third-order valence-corrected chi connectivity index (χ3v) is 6.07. The van der Waals surface area contributed by atoms with Crippen molar-refractivity contribution in [2.24, 2.45) is 17.3 Å². The van der Waals surface area contributed by atoms with Gasteiger partial charge in [0.05, 0.1) is 19.3 Å². The Morgan fingerprint density at radius 3 is 1.92 bits per heavy atom. The zero-order valence-corrected chi connectivity index (χ0v) is 15.9. The highest BCUT2D eigenvalue weighted by Crippen LogP contribution is 2.45. The minimum absolute atomic E-state index is 0.290. The molecule has 0 radical (unpaired) electrons. The van der Waals surface area contributed by atoms with Crippen LogP contribution in [0.3, 0.4) is 0 Å². The van der Waals surface area contributed by atoms with Crippen molar-refractivity contribution >= 4 is 0 Å². The molecule has 2 aliphatic rings. The average Bonchev–Trinajstić information content (AvgIpc) is 2.63. The molecule has 2 fully saturated rings. The van der Waals surface area contributed by atoms with Gasteiger partial charge in [0.25, 0.3) is 0 Å². The zero-order chi connectivity index (χ0) is 17.3. The van der Waals surface area contributed by atoms with E-state index in [0.717, 1.165) is 32.0 Å². The molecule has 0 aromatic heterocycles. The van der Waals surface area contributed by atoms with Crippen molar-refractivity contribution in [3.05, 3.63) is 0 Å². The standard InChI is InChI=1S/C21H37NO2/c1-3-5-7-9-18-11-13-21(17-22,14-12-18)20-23-15-19(16-24-20)10-8-6-4-2/h18-20H,3-16H2,1-2H3/t18-,19?,20?,21-. The van der Waals surface area contributed by atoms with Crippen LogP contribution >= 0.6 is 0 Å². The van der Waals surface area contributed by atoms with Crippen LogP contribution in [0.25, 0.3) is 0 Å². The molecule has 138 valence electrons. The van der Waals surface area contributed by atoms with Crippen LogP contribution < -0.4 is 0 Å². The van der Waals surface area contributed by atoms with Crippen LogP contribution in [0.15, 0.2) is 0 Å². The molecule has 24 heavy (non-hydrogen) atoms. The fourth-order valence-corrected chi connectivity index (χ4v) is 4.28. The SMILES string of the molecule is CCCCCC1COC([C@]2(C#N)CC[C@@H](CCCCC)CC2)OC1. The van der Waals surface area contributed by atoms with Crippen LogP contribution in [0.4, 0.5) is 0 Å². The van der Waals surface area contributed by atoms with Gasteiger partial charge in [-0.25, -0.2) is 0 Å². The summed E-state index contributed by atoms with van der Waals surface area (Å²) in [5.74, 6) is 1.33. The molecule has 0 atom stereocenters. The fraction of sp³-hybridized carbons (Fsp3) is 0.952. The molecule has 3 heteroatoms. The first kappa shape index (κ1) is 19.7. The van der Waals surface area contributed by atoms with Gasteiger partial charge in [0.15, 0.2) is 6.29 Å². The van der Waals surface area contributed by atoms with E-state index >= 15 is 0 Å². The number of nitrogens with zero attached hydrogens (tertiary/aromatic N) is 1. The number of rotatable bonds is 9. The summed E-state index contributed by atoms with van der Waals surface area (Å²) in [5, 5.41) is 9.82. The molecule has 0 unspecified atom stereocenters. The second-order valence-electron chi connectivity index (χ2n) is 8.07. The molecule has 0 aromatic carbocycles.